The van der Waals surface area contributed by atoms with Gasteiger partial charge in [-0.3, -0.25) is 24.6 Å². The number of aromatic amines is 1. The molecule has 0 radical (unpaired) electrons. The molecule has 6 heterocycles. The molecule has 68 heavy (non-hydrogen) atoms. The highest BCUT2D eigenvalue weighted by Gasteiger charge is 2.27. The van der Waals surface area contributed by atoms with Crippen LogP contribution in [0.2, 0.25) is 0 Å². The highest BCUT2D eigenvalue weighted by molar-refractivity contribution is 7.99. The number of nitrogens with one attached hydrogen (secondary N) is 5. The summed E-state index contributed by atoms with van der Waals surface area (Å²) in [5.74, 6) is 4.52. The maximum Gasteiger partial charge on any atom is 0.221 e. The number of amides is 2. The number of hydrogen-bond acceptors (Lipinski definition) is 17. The molecule has 19 nitrogen and oxygen atoms in total. The lowest BCUT2D eigenvalue weighted by Gasteiger charge is -2.36. The molecular formula is C47H60N16O3S2. The largest absolute Gasteiger partial charge is 0.490 e. The van der Waals surface area contributed by atoms with Gasteiger partial charge in [0.25, 0.3) is 0 Å². The number of nitrogens with zero attached hydrogens (tertiary/aromatic N) is 11. The van der Waals surface area contributed by atoms with E-state index in [1.54, 1.807) is 7.11 Å². The van der Waals surface area contributed by atoms with Gasteiger partial charge in [0.15, 0.2) is 33.6 Å². The van der Waals surface area contributed by atoms with Crippen molar-refractivity contribution in [3.63, 3.8) is 0 Å². The van der Waals surface area contributed by atoms with Gasteiger partial charge in [0.2, 0.25) is 17.6 Å². The van der Waals surface area contributed by atoms with Crippen molar-refractivity contribution in [2.45, 2.75) is 87.0 Å². The average Bonchev–Trinajstić information content (AvgIpc) is 3.90. The van der Waals surface area contributed by atoms with Crippen LogP contribution in [-0.2, 0) is 9.59 Å². The zero-order chi connectivity index (χ0) is 47.9. The number of methoxy groups -OCH3 is 1. The fourth-order valence-electron chi connectivity index (χ4n) is 8.29. The van der Waals surface area contributed by atoms with E-state index in [2.05, 4.69) is 79.0 Å². The molecule has 2 aliphatic rings. The van der Waals surface area contributed by atoms with E-state index in [0.717, 1.165) is 108 Å². The van der Waals surface area contributed by atoms with Crippen molar-refractivity contribution in [1.82, 2.24) is 44.9 Å². The van der Waals surface area contributed by atoms with Crippen molar-refractivity contribution in [2.24, 2.45) is 0 Å². The molecule has 2 aromatic carbocycles. The van der Waals surface area contributed by atoms with Gasteiger partial charge in [-0.2, -0.15) is 9.89 Å². The molecule has 2 aliphatic heterocycles. The van der Waals surface area contributed by atoms with Gasteiger partial charge in [-0.1, -0.05) is 0 Å². The van der Waals surface area contributed by atoms with Crippen molar-refractivity contribution < 1.29 is 14.3 Å². The van der Waals surface area contributed by atoms with E-state index < -0.39 is 0 Å². The van der Waals surface area contributed by atoms with Crippen LogP contribution in [0.3, 0.4) is 0 Å². The molecule has 0 aliphatic carbocycles. The van der Waals surface area contributed by atoms with Crippen LogP contribution in [0, 0.1) is 20.8 Å². The van der Waals surface area contributed by atoms with E-state index in [0.29, 0.717) is 45.4 Å². The van der Waals surface area contributed by atoms with Crippen molar-refractivity contribution in [2.75, 3.05) is 96.0 Å². The second-order valence-corrected chi connectivity index (χ2v) is 19.2. The third-order valence-corrected chi connectivity index (χ3v) is 13.5. The minimum atomic E-state index is -0.123. The molecule has 8 rings (SSSR count). The SMILES string of the molecule is COc1c(Nc2cc(C)[nH]n2)nc(Sc2ccc(NC(C)=O)cc2)nc1N1CCN(CCN(C)n2nc(Nc3nc(Sc4ccc(NC(C)=O)cc4)nc(N4CCCCC4C)c3C)cc2C)CC1. The Morgan fingerprint density at radius 3 is 1.96 bits per heavy atom. The van der Waals surface area contributed by atoms with Crippen LogP contribution in [0.4, 0.5) is 46.3 Å². The summed E-state index contributed by atoms with van der Waals surface area (Å²) >= 11 is 2.92. The number of H-pyrrole nitrogens is 1. The van der Waals surface area contributed by atoms with Crippen LogP contribution >= 0.6 is 23.5 Å². The number of ether oxygens (including phenoxy) is 1. The summed E-state index contributed by atoms with van der Waals surface area (Å²) in [6.45, 7) is 17.0. The van der Waals surface area contributed by atoms with Crippen molar-refractivity contribution >= 4 is 81.6 Å². The van der Waals surface area contributed by atoms with Crippen LogP contribution in [0.5, 0.6) is 5.75 Å². The van der Waals surface area contributed by atoms with Gasteiger partial charge in [-0.05, 0) is 119 Å². The van der Waals surface area contributed by atoms with Gasteiger partial charge in [0.1, 0.15) is 11.6 Å². The number of benzene rings is 2. The number of carbonyl (C=O) groups is 2. The molecule has 358 valence electrons. The van der Waals surface area contributed by atoms with Gasteiger partial charge in [0.05, 0.1) is 12.8 Å². The highest BCUT2D eigenvalue weighted by atomic mass is 32.2. The van der Waals surface area contributed by atoms with Gasteiger partial charge < -0.3 is 35.8 Å². The topological polar surface area (TPSA) is 203 Å². The van der Waals surface area contributed by atoms with E-state index in [9.17, 15) is 9.59 Å². The standard InChI is InChI=1S/C47H60N16O3S2/c1-29-27-39(57-56-29)50-43-41(66-8)45(55-47(53-43)68-38-18-14-36(15-19-38)49-34(6)65)61-25-23-60(24-26-61)22-21-59(7)63-31(3)28-40(58-63)51-42-32(4)44(62-20-10-9-11-30(62)2)54-46(52-42)67-37-16-12-35(13-17-37)48-33(5)64/h12-19,27-28,30H,9-11,20-26H2,1-8H3,(H,48,64)(H,49,65)(H,51,52,54,58)(H2,50,53,55,56,57). The summed E-state index contributed by atoms with van der Waals surface area (Å²) in [6.07, 6.45) is 3.45. The quantitative estimate of drug-likeness (QED) is 0.0559. The number of piperidine rings is 1. The van der Waals surface area contributed by atoms with Crippen LogP contribution in [0.25, 0.3) is 0 Å². The molecule has 6 aromatic rings. The molecule has 2 saturated heterocycles. The van der Waals surface area contributed by atoms with Gasteiger partial charge in [0, 0.05) is 117 Å². The summed E-state index contributed by atoms with van der Waals surface area (Å²) < 4.78 is 5.99. The molecule has 2 amide bonds. The number of piperazine rings is 1. The summed E-state index contributed by atoms with van der Waals surface area (Å²) in [5.41, 5.74) is 4.36. The number of aromatic nitrogens is 8. The van der Waals surface area contributed by atoms with Crippen molar-refractivity contribution in [3.05, 3.63) is 77.6 Å². The van der Waals surface area contributed by atoms with Gasteiger partial charge in [-0.15, -0.1) is 5.10 Å². The minimum absolute atomic E-state index is 0.107. The Kier molecular flexibility index (Phi) is 15.2. The van der Waals surface area contributed by atoms with Gasteiger partial charge >= 0.3 is 0 Å². The summed E-state index contributed by atoms with van der Waals surface area (Å²) in [4.78, 5) is 54.2. The smallest absolute Gasteiger partial charge is 0.221 e. The number of carbonyl (C=O) groups excluding carboxylic acids is 2. The molecule has 21 heteroatoms. The van der Waals surface area contributed by atoms with E-state index in [1.807, 2.05) is 72.4 Å². The first kappa shape index (κ1) is 47.9. The van der Waals surface area contributed by atoms with E-state index in [-0.39, 0.29) is 11.8 Å². The predicted molar refractivity (Wildman–Crippen MR) is 270 cm³/mol. The molecule has 0 spiro atoms. The molecule has 1 atom stereocenters. The second kappa shape index (κ2) is 21.6. The first-order valence-electron chi connectivity index (χ1n) is 22.8. The molecule has 4 aromatic heterocycles. The zero-order valence-corrected chi connectivity index (χ0v) is 41.5. The maximum absolute atomic E-state index is 11.6. The number of hydrogen-bond donors (Lipinski definition) is 5. The second-order valence-electron chi connectivity index (χ2n) is 17.1. The molecule has 0 saturated carbocycles. The van der Waals surface area contributed by atoms with E-state index in [4.69, 9.17) is 29.8 Å². The Morgan fingerprint density at radius 2 is 1.38 bits per heavy atom. The van der Waals surface area contributed by atoms with E-state index >= 15 is 0 Å². The maximum atomic E-state index is 11.6. The van der Waals surface area contributed by atoms with Crippen LogP contribution in [-0.4, -0.2) is 123 Å². The lowest BCUT2D eigenvalue weighted by molar-refractivity contribution is -0.115. The summed E-state index contributed by atoms with van der Waals surface area (Å²) in [5, 5.41) is 28.2. The third kappa shape index (κ3) is 11.9. The van der Waals surface area contributed by atoms with Crippen LogP contribution in [0.15, 0.2) is 80.8 Å². The van der Waals surface area contributed by atoms with Gasteiger partial charge in [-0.25, -0.2) is 19.9 Å². The average molecular weight is 961 g/mol. The fourth-order valence-corrected chi connectivity index (χ4v) is 9.79. The lowest BCUT2D eigenvalue weighted by Crippen LogP contribution is -2.49. The number of rotatable bonds is 17. The van der Waals surface area contributed by atoms with Crippen LogP contribution < -0.4 is 40.8 Å². The zero-order valence-electron chi connectivity index (χ0n) is 39.9. The number of aryl methyl sites for hydroxylation is 2. The lowest BCUT2D eigenvalue weighted by atomic mass is 10.0. The molecule has 5 N–H and O–H groups in total. The minimum Gasteiger partial charge on any atom is -0.490 e. The third-order valence-electron chi connectivity index (χ3n) is 11.8. The molecular weight excluding hydrogens is 901 g/mol. The van der Waals surface area contributed by atoms with Crippen LogP contribution in [0.1, 0.15) is 57.0 Å². The molecule has 1 unspecified atom stereocenters. The Balaban J connectivity index is 0.933. The monoisotopic (exact) mass is 960 g/mol. The Bertz CT molecular complexity index is 2700. The first-order valence-corrected chi connectivity index (χ1v) is 24.5. The van der Waals surface area contributed by atoms with Crippen molar-refractivity contribution in [3.8, 4) is 5.75 Å². The fraction of sp³-hybridized carbons (Fsp3) is 0.404. The predicted octanol–water partition coefficient (Wildman–Crippen LogP) is 7.60. The normalized spacial score (nSPS) is 15.3. The van der Waals surface area contributed by atoms with Crippen molar-refractivity contribution in [1.29, 1.82) is 0 Å². The summed E-state index contributed by atoms with van der Waals surface area (Å²) in [7, 11) is 3.70. The highest BCUT2D eigenvalue weighted by Crippen LogP contribution is 2.39. The Morgan fingerprint density at radius 1 is 0.779 bits per heavy atom. The molecule has 2 fully saturated rings. The first-order chi connectivity index (χ1) is 32.8. The number of anilines is 8. The number of likely N-dealkylation sites (N-methyl/N-ethyl adjacent to an activating group) is 1. The Hall–Kier alpha value is -6.58. The molecule has 0 bridgehead atoms. The summed E-state index contributed by atoms with van der Waals surface area (Å²) in [6, 6.07) is 19.7. The Labute approximate surface area is 405 Å². The van der Waals surface area contributed by atoms with E-state index in [1.165, 1.54) is 43.8 Å².